The molecule has 0 bridgehead atoms. The summed E-state index contributed by atoms with van der Waals surface area (Å²) in [5, 5.41) is 13.7. The SMILES string of the molecule is COc1ccc(Nc2nc(C)c([N+](=O)[O-])c(N)n2)cc1. The van der Waals surface area contributed by atoms with Crippen LogP contribution in [0.25, 0.3) is 0 Å². The lowest BCUT2D eigenvalue weighted by atomic mass is 10.3. The highest BCUT2D eigenvalue weighted by Crippen LogP contribution is 2.25. The smallest absolute Gasteiger partial charge is 0.332 e. The molecule has 0 saturated carbocycles. The number of benzene rings is 1. The number of nitrogen functional groups attached to an aromatic ring is 1. The molecule has 0 atom stereocenters. The van der Waals surface area contributed by atoms with Gasteiger partial charge in [-0.1, -0.05) is 0 Å². The molecule has 0 saturated heterocycles. The predicted octanol–water partition coefficient (Wildman–Crippen LogP) is 2.03. The van der Waals surface area contributed by atoms with Gasteiger partial charge in [-0.3, -0.25) is 10.1 Å². The minimum atomic E-state index is -0.595. The van der Waals surface area contributed by atoms with Gasteiger partial charge in [-0.25, -0.2) is 4.98 Å². The van der Waals surface area contributed by atoms with Crippen LogP contribution in [-0.2, 0) is 0 Å². The van der Waals surface area contributed by atoms with Crippen LogP contribution < -0.4 is 15.8 Å². The Hall–Kier alpha value is -2.90. The van der Waals surface area contributed by atoms with Gasteiger partial charge in [-0.15, -0.1) is 0 Å². The molecule has 2 rings (SSSR count). The number of nitrogens with one attached hydrogen (secondary N) is 1. The average Bonchev–Trinajstić information content (AvgIpc) is 2.38. The second-order valence-electron chi connectivity index (χ2n) is 3.98. The van der Waals surface area contributed by atoms with Crippen molar-refractivity contribution in [2.75, 3.05) is 18.2 Å². The zero-order valence-electron chi connectivity index (χ0n) is 11.0. The molecule has 0 aliphatic heterocycles. The molecule has 0 aliphatic rings. The van der Waals surface area contributed by atoms with E-state index in [0.717, 1.165) is 11.4 Å². The highest BCUT2D eigenvalue weighted by atomic mass is 16.6. The summed E-state index contributed by atoms with van der Waals surface area (Å²) in [6, 6.07) is 7.08. The molecule has 104 valence electrons. The molecule has 20 heavy (non-hydrogen) atoms. The lowest BCUT2D eigenvalue weighted by molar-refractivity contribution is -0.385. The summed E-state index contributed by atoms with van der Waals surface area (Å²) in [7, 11) is 1.58. The van der Waals surface area contributed by atoms with Gasteiger partial charge in [0.05, 0.1) is 12.0 Å². The molecule has 0 amide bonds. The van der Waals surface area contributed by atoms with Crippen molar-refractivity contribution in [1.82, 2.24) is 9.97 Å². The van der Waals surface area contributed by atoms with Crippen LogP contribution >= 0.6 is 0 Å². The second kappa shape index (κ2) is 5.39. The van der Waals surface area contributed by atoms with Crippen molar-refractivity contribution in [1.29, 1.82) is 0 Å². The number of aryl methyl sites for hydroxylation is 1. The van der Waals surface area contributed by atoms with Crippen LogP contribution in [0.4, 0.5) is 23.1 Å². The summed E-state index contributed by atoms with van der Waals surface area (Å²) in [6.07, 6.45) is 0. The fraction of sp³-hybridized carbons (Fsp3) is 0.167. The molecule has 8 heteroatoms. The van der Waals surface area contributed by atoms with E-state index in [4.69, 9.17) is 10.5 Å². The monoisotopic (exact) mass is 275 g/mol. The summed E-state index contributed by atoms with van der Waals surface area (Å²) >= 11 is 0. The molecule has 8 nitrogen and oxygen atoms in total. The maximum absolute atomic E-state index is 10.8. The van der Waals surface area contributed by atoms with E-state index in [1.54, 1.807) is 31.4 Å². The first-order valence-electron chi connectivity index (χ1n) is 5.71. The van der Waals surface area contributed by atoms with Gasteiger partial charge in [-0.05, 0) is 31.2 Å². The van der Waals surface area contributed by atoms with Gasteiger partial charge in [0.15, 0.2) is 0 Å². The molecule has 0 spiro atoms. The van der Waals surface area contributed by atoms with E-state index in [-0.39, 0.29) is 23.1 Å². The number of nitrogens with zero attached hydrogens (tertiary/aromatic N) is 3. The van der Waals surface area contributed by atoms with E-state index in [1.807, 2.05) is 0 Å². The van der Waals surface area contributed by atoms with E-state index >= 15 is 0 Å². The van der Waals surface area contributed by atoms with Crippen molar-refractivity contribution in [3.8, 4) is 5.75 Å². The summed E-state index contributed by atoms with van der Waals surface area (Å²) in [4.78, 5) is 18.1. The summed E-state index contributed by atoms with van der Waals surface area (Å²) in [5.74, 6) is 0.755. The number of hydrogen-bond acceptors (Lipinski definition) is 7. The van der Waals surface area contributed by atoms with E-state index in [9.17, 15) is 10.1 Å². The molecule has 0 fully saturated rings. The minimum absolute atomic E-state index is 0.168. The van der Waals surface area contributed by atoms with Gasteiger partial charge < -0.3 is 15.8 Å². The van der Waals surface area contributed by atoms with E-state index in [2.05, 4.69) is 15.3 Å². The van der Waals surface area contributed by atoms with Crippen LogP contribution in [0.1, 0.15) is 5.69 Å². The molecule has 1 aromatic heterocycles. The van der Waals surface area contributed by atoms with E-state index in [0.29, 0.717) is 0 Å². The summed E-state index contributed by atoms with van der Waals surface area (Å²) in [6.45, 7) is 1.51. The Morgan fingerprint density at radius 1 is 1.30 bits per heavy atom. The normalized spacial score (nSPS) is 10.1. The molecular formula is C12H13N5O3. The van der Waals surface area contributed by atoms with Crippen LogP contribution in [0.3, 0.4) is 0 Å². The van der Waals surface area contributed by atoms with Crippen LogP contribution in [0.5, 0.6) is 5.75 Å². The third-order valence-electron chi connectivity index (χ3n) is 2.61. The molecule has 3 N–H and O–H groups in total. The summed E-state index contributed by atoms with van der Waals surface area (Å²) in [5.41, 5.74) is 6.22. The molecule has 0 aliphatic carbocycles. The molecule has 1 aromatic carbocycles. The van der Waals surface area contributed by atoms with Gasteiger partial charge in [0.2, 0.25) is 11.8 Å². The number of hydrogen-bond donors (Lipinski definition) is 2. The third-order valence-corrected chi connectivity index (χ3v) is 2.61. The van der Waals surface area contributed by atoms with Gasteiger partial charge in [0.25, 0.3) is 0 Å². The maximum Gasteiger partial charge on any atom is 0.332 e. The first-order valence-corrected chi connectivity index (χ1v) is 5.71. The van der Waals surface area contributed by atoms with Crippen LogP contribution in [0, 0.1) is 17.0 Å². The number of ether oxygens (including phenoxy) is 1. The Balaban J connectivity index is 2.27. The highest BCUT2D eigenvalue weighted by Gasteiger charge is 2.19. The standard InChI is InChI=1S/C12H13N5O3/c1-7-10(17(18)19)11(13)16-12(14-7)15-8-3-5-9(20-2)6-4-8/h3-6H,1-2H3,(H3,13,14,15,16). The lowest BCUT2D eigenvalue weighted by Crippen LogP contribution is -2.06. The van der Waals surface area contributed by atoms with Crippen LogP contribution in [0.15, 0.2) is 24.3 Å². The highest BCUT2D eigenvalue weighted by molar-refractivity contribution is 5.61. The lowest BCUT2D eigenvalue weighted by Gasteiger charge is -2.07. The largest absolute Gasteiger partial charge is 0.497 e. The predicted molar refractivity (Wildman–Crippen MR) is 74.1 cm³/mol. The molecule has 0 unspecified atom stereocenters. The number of nitrogens with two attached hydrogens (primary N) is 1. The average molecular weight is 275 g/mol. The second-order valence-corrected chi connectivity index (χ2v) is 3.98. The Labute approximate surface area is 114 Å². The molecular weight excluding hydrogens is 262 g/mol. The molecule has 1 heterocycles. The number of aromatic nitrogens is 2. The van der Waals surface area contributed by atoms with Gasteiger partial charge in [0, 0.05) is 5.69 Å². The first kappa shape index (κ1) is 13.5. The van der Waals surface area contributed by atoms with Crippen molar-refractivity contribution >= 4 is 23.1 Å². The zero-order valence-corrected chi connectivity index (χ0v) is 11.0. The van der Waals surface area contributed by atoms with Gasteiger partial charge in [0.1, 0.15) is 11.4 Å². The maximum atomic E-state index is 10.8. The Kier molecular flexibility index (Phi) is 3.65. The number of nitro groups is 1. The fourth-order valence-corrected chi connectivity index (χ4v) is 1.67. The third kappa shape index (κ3) is 2.74. The first-order chi connectivity index (χ1) is 9.51. The van der Waals surface area contributed by atoms with Crippen LogP contribution in [-0.4, -0.2) is 22.0 Å². The van der Waals surface area contributed by atoms with Gasteiger partial charge in [-0.2, -0.15) is 4.98 Å². The number of rotatable bonds is 4. The topological polar surface area (TPSA) is 116 Å². The van der Waals surface area contributed by atoms with Crippen molar-refractivity contribution in [3.05, 3.63) is 40.1 Å². The summed E-state index contributed by atoms with van der Waals surface area (Å²) < 4.78 is 5.05. The van der Waals surface area contributed by atoms with Crippen LogP contribution in [0.2, 0.25) is 0 Å². The Morgan fingerprint density at radius 3 is 2.45 bits per heavy atom. The minimum Gasteiger partial charge on any atom is -0.497 e. The Bertz CT molecular complexity index is 619. The van der Waals surface area contributed by atoms with E-state index in [1.165, 1.54) is 6.92 Å². The molecule has 0 radical (unpaired) electrons. The fourth-order valence-electron chi connectivity index (χ4n) is 1.67. The number of anilines is 3. The van der Waals surface area contributed by atoms with Crippen molar-refractivity contribution in [2.45, 2.75) is 6.92 Å². The van der Waals surface area contributed by atoms with Crippen molar-refractivity contribution < 1.29 is 9.66 Å². The van der Waals surface area contributed by atoms with Crippen molar-refractivity contribution in [2.24, 2.45) is 0 Å². The molecule has 2 aromatic rings. The number of methoxy groups -OCH3 is 1. The van der Waals surface area contributed by atoms with Crippen molar-refractivity contribution in [3.63, 3.8) is 0 Å². The van der Waals surface area contributed by atoms with Gasteiger partial charge >= 0.3 is 5.69 Å². The quantitative estimate of drug-likeness (QED) is 0.647. The van der Waals surface area contributed by atoms with E-state index < -0.39 is 4.92 Å². The zero-order chi connectivity index (χ0) is 14.7. The Morgan fingerprint density at radius 2 is 1.95 bits per heavy atom.